The summed E-state index contributed by atoms with van der Waals surface area (Å²) in [7, 11) is 1.62. The van der Waals surface area contributed by atoms with E-state index < -0.39 is 11.7 Å². The molecule has 4 heteroatoms. The van der Waals surface area contributed by atoms with E-state index in [2.05, 4.69) is 0 Å². The predicted octanol–water partition coefficient (Wildman–Crippen LogP) is 2.79. The number of benzene rings is 1. The summed E-state index contributed by atoms with van der Waals surface area (Å²) < 4.78 is 5.37. The van der Waals surface area contributed by atoms with E-state index in [-0.39, 0.29) is 0 Å². The smallest absolute Gasteiger partial charge is 0.126 e. The molecule has 1 atom stereocenters. The number of rotatable bonds is 6. The summed E-state index contributed by atoms with van der Waals surface area (Å²) in [5.41, 5.74) is 6.48. The van der Waals surface area contributed by atoms with Crippen LogP contribution in [0.3, 0.4) is 0 Å². The number of methoxy groups -OCH3 is 1. The Kier molecular flexibility index (Phi) is 6.00. The van der Waals surface area contributed by atoms with E-state index in [1.165, 1.54) is 6.42 Å². The second-order valence-corrected chi connectivity index (χ2v) is 6.09. The molecule has 4 N–H and O–H groups in total. The average molecular weight is 305 g/mol. The molecular formula is C18H27NO3. The van der Waals surface area contributed by atoms with Crippen molar-refractivity contribution in [2.75, 3.05) is 13.7 Å². The Labute approximate surface area is 132 Å². The van der Waals surface area contributed by atoms with Crippen LogP contribution in [-0.4, -0.2) is 29.5 Å². The van der Waals surface area contributed by atoms with Crippen LogP contribution in [0.5, 0.6) is 5.75 Å². The summed E-state index contributed by atoms with van der Waals surface area (Å²) in [4.78, 5) is 0. The molecule has 0 bridgehead atoms. The highest BCUT2D eigenvalue weighted by molar-refractivity contribution is 5.59. The largest absolute Gasteiger partial charge is 0.496 e. The minimum Gasteiger partial charge on any atom is -0.496 e. The van der Waals surface area contributed by atoms with Crippen LogP contribution in [0.1, 0.15) is 55.8 Å². The summed E-state index contributed by atoms with van der Waals surface area (Å²) in [5.74, 6) is 0.736. The fourth-order valence-corrected chi connectivity index (χ4v) is 2.99. The predicted molar refractivity (Wildman–Crippen MR) is 88.7 cm³/mol. The van der Waals surface area contributed by atoms with Crippen LogP contribution in [0.25, 0.3) is 6.08 Å². The standard InChI is InChI=1S/C18H27NO3/c1-22-17-6-5-14(16(20)8-12-19)13-15(17)7-11-18(21)9-3-2-4-10-18/h5-7,11,13,16,20-21H,2-4,8-10,12,19H2,1H3. The van der Waals surface area contributed by atoms with E-state index in [0.29, 0.717) is 13.0 Å². The molecule has 1 aliphatic rings. The fraction of sp³-hybridized carbons (Fsp3) is 0.556. The minimum absolute atomic E-state index is 0.443. The molecule has 1 saturated carbocycles. The molecule has 1 aliphatic carbocycles. The van der Waals surface area contributed by atoms with E-state index >= 15 is 0 Å². The van der Waals surface area contributed by atoms with Gasteiger partial charge >= 0.3 is 0 Å². The number of aliphatic hydroxyl groups excluding tert-OH is 1. The van der Waals surface area contributed by atoms with Crippen LogP contribution in [0.2, 0.25) is 0 Å². The van der Waals surface area contributed by atoms with Crippen molar-refractivity contribution in [1.29, 1.82) is 0 Å². The first-order chi connectivity index (χ1) is 10.6. The Morgan fingerprint density at radius 3 is 2.68 bits per heavy atom. The lowest BCUT2D eigenvalue weighted by Gasteiger charge is -2.28. The van der Waals surface area contributed by atoms with Gasteiger partial charge in [0.1, 0.15) is 5.75 Å². The number of hydrogen-bond acceptors (Lipinski definition) is 4. The molecule has 0 aliphatic heterocycles. The van der Waals surface area contributed by atoms with Crippen molar-refractivity contribution in [3.63, 3.8) is 0 Å². The van der Waals surface area contributed by atoms with Gasteiger partial charge in [-0.2, -0.15) is 0 Å². The second-order valence-electron chi connectivity index (χ2n) is 6.09. The van der Waals surface area contributed by atoms with Gasteiger partial charge in [-0.25, -0.2) is 0 Å². The highest BCUT2D eigenvalue weighted by atomic mass is 16.5. The molecule has 0 saturated heterocycles. The zero-order chi connectivity index (χ0) is 16.0. The maximum Gasteiger partial charge on any atom is 0.126 e. The summed E-state index contributed by atoms with van der Waals surface area (Å²) in [6.07, 6.45) is 8.68. The molecule has 0 radical (unpaired) electrons. The van der Waals surface area contributed by atoms with E-state index in [1.54, 1.807) is 7.11 Å². The van der Waals surface area contributed by atoms with Crippen molar-refractivity contribution in [3.05, 3.63) is 35.4 Å². The Hall–Kier alpha value is -1.36. The van der Waals surface area contributed by atoms with Crippen molar-refractivity contribution in [2.24, 2.45) is 5.73 Å². The zero-order valence-corrected chi connectivity index (χ0v) is 13.3. The lowest BCUT2D eigenvalue weighted by molar-refractivity contribution is 0.0521. The van der Waals surface area contributed by atoms with Crippen molar-refractivity contribution in [3.8, 4) is 5.75 Å². The molecule has 0 aromatic heterocycles. The molecule has 22 heavy (non-hydrogen) atoms. The van der Waals surface area contributed by atoms with E-state index in [1.807, 2.05) is 30.4 Å². The first-order valence-electron chi connectivity index (χ1n) is 8.06. The highest BCUT2D eigenvalue weighted by Crippen LogP contribution is 2.31. The summed E-state index contributed by atoms with van der Waals surface area (Å²) in [6, 6.07) is 5.60. The molecule has 1 aromatic carbocycles. The quantitative estimate of drug-likeness (QED) is 0.755. The zero-order valence-electron chi connectivity index (χ0n) is 13.3. The van der Waals surface area contributed by atoms with E-state index in [0.717, 1.165) is 42.6 Å². The van der Waals surface area contributed by atoms with Crippen LogP contribution in [-0.2, 0) is 0 Å². The monoisotopic (exact) mass is 305 g/mol. The molecule has 4 nitrogen and oxygen atoms in total. The maximum absolute atomic E-state index is 10.6. The third-order valence-electron chi connectivity index (χ3n) is 4.37. The molecule has 2 rings (SSSR count). The Morgan fingerprint density at radius 1 is 1.32 bits per heavy atom. The topological polar surface area (TPSA) is 75.7 Å². The summed E-state index contributed by atoms with van der Waals surface area (Å²) in [6.45, 7) is 0.443. The fourth-order valence-electron chi connectivity index (χ4n) is 2.99. The lowest BCUT2D eigenvalue weighted by Crippen LogP contribution is -2.28. The molecule has 0 heterocycles. The van der Waals surface area contributed by atoms with Gasteiger partial charge in [0, 0.05) is 5.56 Å². The van der Waals surface area contributed by atoms with Crippen LogP contribution in [0.15, 0.2) is 24.3 Å². The van der Waals surface area contributed by atoms with Crippen molar-refractivity contribution >= 4 is 6.08 Å². The Balaban J connectivity index is 2.22. The van der Waals surface area contributed by atoms with Gasteiger partial charge in [0.2, 0.25) is 0 Å². The maximum atomic E-state index is 10.6. The number of nitrogens with two attached hydrogens (primary N) is 1. The second kappa shape index (κ2) is 7.77. The Bertz CT molecular complexity index is 507. The molecule has 0 spiro atoms. The average Bonchev–Trinajstić information content (AvgIpc) is 2.53. The summed E-state index contributed by atoms with van der Waals surface area (Å²) >= 11 is 0. The summed E-state index contributed by atoms with van der Waals surface area (Å²) in [5, 5.41) is 20.6. The van der Waals surface area contributed by atoms with Crippen molar-refractivity contribution < 1.29 is 14.9 Å². The third kappa shape index (κ3) is 4.32. The third-order valence-corrected chi connectivity index (χ3v) is 4.37. The van der Waals surface area contributed by atoms with Crippen LogP contribution >= 0.6 is 0 Å². The van der Waals surface area contributed by atoms with Gasteiger partial charge in [-0.05, 0) is 43.5 Å². The first kappa shape index (κ1) is 17.0. The SMILES string of the molecule is COc1ccc(C(O)CCN)cc1C=CC1(O)CCCCC1. The van der Waals surface area contributed by atoms with Crippen molar-refractivity contribution in [2.45, 2.75) is 50.2 Å². The molecule has 1 aromatic rings. The highest BCUT2D eigenvalue weighted by Gasteiger charge is 2.25. The number of hydrogen-bond donors (Lipinski definition) is 3. The van der Waals surface area contributed by atoms with Gasteiger partial charge in [-0.1, -0.05) is 37.5 Å². The first-order valence-corrected chi connectivity index (χ1v) is 8.06. The van der Waals surface area contributed by atoms with E-state index in [9.17, 15) is 10.2 Å². The van der Waals surface area contributed by atoms with E-state index in [4.69, 9.17) is 10.5 Å². The normalized spacial score (nSPS) is 19.3. The molecule has 122 valence electrons. The van der Waals surface area contributed by atoms with Gasteiger partial charge < -0.3 is 20.7 Å². The molecule has 0 amide bonds. The van der Waals surface area contributed by atoms with Crippen molar-refractivity contribution in [1.82, 2.24) is 0 Å². The molecule has 1 unspecified atom stereocenters. The van der Waals surface area contributed by atoms with Gasteiger partial charge in [0.25, 0.3) is 0 Å². The lowest BCUT2D eigenvalue weighted by atomic mass is 9.84. The number of aliphatic hydroxyl groups is 2. The van der Waals surface area contributed by atoms with Crippen LogP contribution in [0, 0.1) is 0 Å². The van der Waals surface area contributed by atoms with Crippen LogP contribution in [0.4, 0.5) is 0 Å². The molecule has 1 fully saturated rings. The van der Waals surface area contributed by atoms with Crippen LogP contribution < -0.4 is 10.5 Å². The minimum atomic E-state index is -0.713. The van der Waals surface area contributed by atoms with Gasteiger partial charge in [0.15, 0.2) is 0 Å². The van der Waals surface area contributed by atoms with Gasteiger partial charge in [0.05, 0.1) is 18.8 Å². The van der Waals surface area contributed by atoms with Gasteiger partial charge in [-0.15, -0.1) is 0 Å². The molecular weight excluding hydrogens is 278 g/mol. The van der Waals surface area contributed by atoms with Gasteiger partial charge in [-0.3, -0.25) is 0 Å². The number of ether oxygens (including phenoxy) is 1. The Morgan fingerprint density at radius 2 is 2.05 bits per heavy atom.